The lowest BCUT2D eigenvalue weighted by molar-refractivity contribution is 0.0951. The number of hydrogen-bond acceptors (Lipinski definition) is 3. The number of aromatic nitrogens is 1. The Labute approximate surface area is 119 Å². The Morgan fingerprint density at radius 3 is 3.00 bits per heavy atom. The molecule has 0 atom stereocenters. The van der Waals surface area contributed by atoms with Crippen molar-refractivity contribution >= 4 is 28.4 Å². The van der Waals surface area contributed by atoms with Crippen molar-refractivity contribution in [1.82, 2.24) is 9.99 Å². The van der Waals surface area contributed by atoms with Crippen LogP contribution in [0.1, 0.15) is 16.1 Å². The summed E-state index contributed by atoms with van der Waals surface area (Å²) in [6.07, 6.45) is 3.40. The van der Waals surface area contributed by atoms with Gasteiger partial charge in [0, 0.05) is 22.1 Å². The normalized spacial score (nSPS) is 10.9. The Hall–Kier alpha value is -2.24. The number of nitrogens with one attached hydrogen (secondary N) is 1. The summed E-state index contributed by atoms with van der Waals surface area (Å²) in [7, 11) is 0. The molecule has 0 fully saturated rings. The fraction of sp³-hybridized carbons (Fsp3) is 0.0714. The molecule has 0 saturated carbocycles. The second-order valence-electron chi connectivity index (χ2n) is 4.38. The third-order valence-corrected chi connectivity index (χ3v) is 3.40. The maximum Gasteiger partial charge on any atom is 0.268 e. The fourth-order valence-corrected chi connectivity index (χ4v) is 2.39. The number of furan rings is 1. The van der Waals surface area contributed by atoms with Crippen molar-refractivity contribution in [2.24, 2.45) is 5.84 Å². The predicted molar refractivity (Wildman–Crippen MR) is 76.4 cm³/mol. The maximum atomic E-state index is 11.6. The molecule has 102 valence electrons. The third-order valence-electron chi connectivity index (χ3n) is 3.17. The molecule has 0 aliphatic heterocycles. The number of hydrazine groups is 1. The molecule has 0 radical (unpaired) electrons. The summed E-state index contributed by atoms with van der Waals surface area (Å²) in [6.45, 7) is 0.445. The van der Waals surface area contributed by atoms with E-state index < -0.39 is 0 Å². The smallest absolute Gasteiger partial charge is 0.268 e. The van der Waals surface area contributed by atoms with Gasteiger partial charge in [0.15, 0.2) is 0 Å². The first-order valence-electron chi connectivity index (χ1n) is 6.01. The van der Waals surface area contributed by atoms with Crippen LogP contribution in [0.4, 0.5) is 0 Å². The standard InChI is InChI=1S/C14H12ClN3O2/c15-10-1-2-12-9(7-10)3-5-18(12)8-13-11(4-6-20-13)14(19)17-16/h1-7H,8,16H2,(H,17,19). The molecule has 2 heterocycles. The van der Waals surface area contributed by atoms with E-state index >= 15 is 0 Å². The molecule has 0 aliphatic carbocycles. The van der Waals surface area contributed by atoms with Crippen LogP contribution in [0.5, 0.6) is 0 Å². The van der Waals surface area contributed by atoms with Crippen LogP contribution in [0.15, 0.2) is 47.2 Å². The molecule has 6 heteroatoms. The molecule has 0 aliphatic rings. The summed E-state index contributed by atoms with van der Waals surface area (Å²) < 4.78 is 7.35. The van der Waals surface area contributed by atoms with Gasteiger partial charge in [0.1, 0.15) is 5.76 Å². The topological polar surface area (TPSA) is 73.2 Å². The van der Waals surface area contributed by atoms with Gasteiger partial charge >= 0.3 is 0 Å². The monoisotopic (exact) mass is 289 g/mol. The quantitative estimate of drug-likeness (QED) is 0.442. The Kier molecular flexibility index (Phi) is 3.22. The molecule has 3 N–H and O–H groups in total. The molecule has 1 amide bonds. The lowest BCUT2D eigenvalue weighted by Gasteiger charge is -2.05. The first-order chi connectivity index (χ1) is 9.69. The van der Waals surface area contributed by atoms with E-state index in [2.05, 4.69) is 5.43 Å². The van der Waals surface area contributed by atoms with Crippen LogP contribution >= 0.6 is 11.6 Å². The van der Waals surface area contributed by atoms with E-state index in [1.807, 2.05) is 35.0 Å². The lowest BCUT2D eigenvalue weighted by atomic mass is 10.2. The van der Waals surface area contributed by atoms with Gasteiger partial charge in [-0.1, -0.05) is 11.6 Å². The Morgan fingerprint density at radius 2 is 2.20 bits per heavy atom. The van der Waals surface area contributed by atoms with Crippen molar-refractivity contribution in [2.45, 2.75) is 6.54 Å². The van der Waals surface area contributed by atoms with E-state index in [9.17, 15) is 4.79 Å². The number of rotatable bonds is 3. The minimum absolute atomic E-state index is 0.367. The molecule has 1 aromatic carbocycles. The van der Waals surface area contributed by atoms with Crippen LogP contribution < -0.4 is 11.3 Å². The van der Waals surface area contributed by atoms with Gasteiger partial charge in [-0.3, -0.25) is 10.2 Å². The second-order valence-corrected chi connectivity index (χ2v) is 4.81. The second kappa shape index (κ2) is 5.03. The van der Waals surface area contributed by atoms with E-state index in [4.69, 9.17) is 21.9 Å². The average molecular weight is 290 g/mol. The van der Waals surface area contributed by atoms with Crippen LogP contribution in [0.3, 0.4) is 0 Å². The SMILES string of the molecule is NNC(=O)c1ccoc1Cn1ccc2cc(Cl)ccc21. The Balaban J connectivity index is 1.98. The van der Waals surface area contributed by atoms with E-state index in [-0.39, 0.29) is 5.91 Å². The zero-order valence-corrected chi connectivity index (χ0v) is 11.2. The summed E-state index contributed by atoms with van der Waals surface area (Å²) in [4.78, 5) is 11.6. The summed E-state index contributed by atoms with van der Waals surface area (Å²) in [5.41, 5.74) is 3.56. The number of carbonyl (C=O) groups is 1. The van der Waals surface area contributed by atoms with Crippen LogP contribution in [-0.2, 0) is 6.54 Å². The van der Waals surface area contributed by atoms with Gasteiger partial charge in [-0.25, -0.2) is 5.84 Å². The molecule has 3 aromatic rings. The number of amides is 1. The number of fused-ring (bicyclic) bond motifs is 1. The number of halogens is 1. The number of nitrogens with zero attached hydrogens (tertiary/aromatic N) is 1. The molecule has 20 heavy (non-hydrogen) atoms. The first-order valence-corrected chi connectivity index (χ1v) is 6.38. The van der Waals surface area contributed by atoms with Gasteiger partial charge in [-0.05, 0) is 30.3 Å². The van der Waals surface area contributed by atoms with Gasteiger partial charge < -0.3 is 8.98 Å². The minimum Gasteiger partial charge on any atom is -0.467 e. The molecule has 0 spiro atoms. The van der Waals surface area contributed by atoms with Gasteiger partial charge in [0.2, 0.25) is 0 Å². The summed E-state index contributed by atoms with van der Waals surface area (Å²) >= 11 is 5.96. The highest BCUT2D eigenvalue weighted by atomic mass is 35.5. The van der Waals surface area contributed by atoms with E-state index in [1.54, 1.807) is 6.07 Å². The number of nitrogen functional groups attached to an aromatic ring is 1. The van der Waals surface area contributed by atoms with Crippen molar-refractivity contribution < 1.29 is 9.21 Å². The number of benzene rings is 1. The van der Waals surface area contributed by atoms with E-state index in [0.29, 0.717) is 22.9 Å². The molecule has 3 rings (SSSR count). The highest BCUT2D eigenvalue weighted by Crippen LogP contribution is 2.22. The average Bonchev–Trinajstić information content (AvgIpc) is 3.05. The van der Waals surface area contributed by atoms with Crippen molar-refractivity contribution in [3.63, 3.8) is 0 Å². The fourth-order valence-electron chi connectivity index (χ4n) is 2.21. The Bertz CT molecular complexity index is 776. The zero-order valence-electron chi connectivity index (χ0n) is 10.5. The molecular weight excluding hydrogens is 278 g/mol. The highest BCUT2D eigenvalue weighted by Gasteiger charge is 2.14. The summed E-state index contributed by atoms with van der Waals surface area (Å²) in [6, 6.07) is 9.22. The number of carbonyl (C=O) groups excluding carboxylic acids is 1. The maximum absolute atomic E-state index is 11.6. The largest absolute Gasteiger partial charge is 0.467 e. The molecule has 0 unspecified atom stereocenters. The molecular formula is C14H12ClN3O2. The van der Waals surface area contributed by atoms with E-state index in [0.717, 1.165) is 10.9 Å². The van der Waals surface area contributed by atoms with Crippen LogP contribution in [0.25, 0.3) is 10.9 Å². The molecule has 0 bridgehead atoms. The summed E-state index contributed by atoms with van der Waals surface area (Å²) in [5, 5.41) is 1.73. The zero-order chi connectivity index (χ0) is 14.1. The number of nitrogens with two attached hydrogens (primary N) is 1. The molecule has 0 saturated heterocycles. The Morgan fingerprint density at radius 1 is 1.35 bits per heavy atom. The lowest BCUT2D eigenvalue weighted by Crippen LogP contribution is -2.30. The van der Waals surface area contributed by atoms with Crippen molar-refractivity contribution in [1.29, 1.82) is 0 Å². The van der Waals surface area contributed by atoms with E-state index in [1.165, 1.54) is 6.26 Å². The minimum atomic E-state index is -0.367. The van der Waals surface area contributed by atoms with Gasteiger partial charge in [0.25, 0.3) is 5.91 Å². The van der Waals surface area contributed by atoms with Gasteiger partial charge in [0.05, 0.1) is 18.4 Å². The highest BCUT2D eigenvalue weighted by molar-refractivity contribution is 6.31. The summed E-state index contributed by atoms with van der Waals surface area (Å²) in [5.74, 6) is 5.34. The first kappa shape index (κ1) is 12.8. The molecule has 5 nitrogen and oxygen atoms in total. The third kappa shape index (κ3) is 2.17. The molecule has 2 aromatic heterocycles. The van der Waals surface area contributed by atoms with Crippen LogP contribution in [0, 0.1) is 0 Å². The van der Waals surface area contributed by atoms with Crippen LogP contribution in [0.2, 0.25) is 5.02 Å². The van der Waals surface area contributed by atoms with Crippen LogP contribution in [-0.4, -0.2) is 10.5 Å². The van der Waals surface area contributed by atoms with Gasteiger partial charge in [-0.15, -0.1) is 0 Å². The predicted octanol–water partition coefficient (Wildman–Crippen LogP) is 2.54. The van der Waals surface area contributed by atoms with Crippen molar-refractivity contribution in [3.8, 4) is 0 Å². The van der Waals surface area contributed by atoms with Crippen molar-refractivity contribution in [3.05, 3.63) is 59.1 Å². The van der Waals surface area contributed by atoms with Crippen molar-refractivity contribution in [2.75, 3.05) is 0 Å². The van der Waals surface area contributed by atoms with Gasteiger partial charge in [-0.2, -0.15) is 0 Å². The number of hydrogen-bond donors (Lipinski definition) is 2.